The van der Waals surface area contributed by atoms with E-state index in [0.717, 1.165) is 387 Å². The van der Waals surface area contributed by atoms with Gasteiger partial charge in [-0.25, -0.2) is 0 Å². The smallest absolute Gasteiger partial charge is 0.413 e. The Hall–Kier alpha value is -6.15. The molecule has 6 fully saturated rings. The summed E-state index contributed by atoms with van der Waals surface area (Å²) < 4.78 is 64.4. The molecule has 33 nitrogen and oxygen atoms in total. The van der Waals surface area contributed by atoms with Gasteiger partial charge in [0, 0.05) is 353 Å². The van der Waals surface area contributed by atoms with Crippen molar-refractivity contribution in [2.45, 2.75) is 39.3 Å². The molecule has 7 heterocycles. The molecule has 0 aliphatic carbocycles. The molecule has 6 saturated heterocycles. The van der Waals surface area contributed by atoms with E-state index in [4.69, 9.17) is 40.7 Å². The minimum atomic E-state index is -4.39. The summed E-state index contributed by atoms with van der Waals surface area (Å²) >= 11 is 0. The molecule has 7 aliphatic rings. The Balaban J connectivity index is 0.961. The van der Waals surface area contributed by atoms with E-state index in [1.165, 1.54) is 0 Å². The molecule has 13 rings (SSSR count). The van der Waals surface area contributed by atoms with Crippen molar-refractivity contribution in [2.75, 3.05) is 314 Å². The van der Waals surface area contributed by atoms with Crippen LogP contribution in [0.15, 0.2) is 159 Å². The maximum Gasteiger partial charge on any atom is 0.460 e. The van der Waals surface area contributed by atoms with E-state index >= 15 is 0 Å². The quantitative estimate of drug-likeness (QED) is 0.0383. The van der Waals surface area contributed by atoms with Gasteiger partial charge in [0.1, 0.15) is 34.5 Å². The van der Waals surface area contributed by atoms with Crippen molar-refractivity contribution in [3.63, 3.8) is 0 Å². The second-order valence-electron chi connectivity index (χ2n) is 33.3. The second-order valence-corrected chi connectivity index (χ2v) is 39.5. The molecule has 696 valence electrons. The van der Waals surface area contributed by atoms with Gasteiger partial charge >= 0.3 is 23.0 Å². The normalized spacial score (nSPS) is 22.0. The van der Waals surface area contributed by atoms with E-state index in [9.17, 15) is 0 Å². The maximum absolute atomic E-state index is 7.77. The second kappa shape index (κ2) is 56.5. The van der Waals surface area contributed by atoms with Crippen molar-refractivity contribution in [1.82, 2.24) is 125 Å². The Morgan fingerprint density at radius 1 is 0.159 bits per heavy atom. The summed E-state index contributed by atoms with van der Waals surface area (Å²) in [5.74, 6) is 2.80. The summed E-state index contributed by atoms with van der Waals surface area (Å²) in [4.78, 5) is 15.0. The molecule has 0 saturated carbocycles. The van der Waals surface area contributed by atoms with Gasteiger partial charge in [0.25, 0.3) is 0 Å². The highest BCUT2D eigenvalue weighted by molar-refractivity contribution is 7.79. The fourth-order valence-electron chi connectivity index (χ4n) is 15.9. The Morgan fingerprint density at radius 2 is 0.262 bits per heavy atom. The van der Waals surface area contributed by atoms with Crippen molar-refractivity contribution >= 4 is 23.0 Å². The lowest BCUT2D eigenvalue weighted by Gasteiger charge is -2.33. The van der Waals surface area contributed by atoms with Crippen LogP contribution in [0.4, 0.5) is 0 Å². The van der Waals surface area contributed by atoms with Gasteiger partial charge in [0.05, 0.1) is 0 Å². The minimum Gasteiger partial charge on any atom is -0.413 e. The van der Waals surface area contributed by atoms with Crippen LogP contribution in [0, 0.1) is 0 Å². The summed E-state index contributed by atoms with van der Waals surface area (Å²) in [7, 11) is -13.2. The number of hydrogen-bond acceptors (Lipinski definition) is 33. The molecule has 0 radical (unpaired) electrons. The third-order valence-electron chi connectivity index (χ3n) is 23.0. The van der Waals surface area contributed by atoms with E-state index in [2.05, 4.69) is 198 Å². The average Bonchev–Trinajstić information content (AvgIpc) is 0.728. The van der Waals surface area contributed by atoms with Crippen LogP contribution >= 0.6 is 23.0 Å². The largest absolute Gasteiger partial charge is 0.460 e. The zero-order valence-electron chi connectivity index (χ0n) is 74.9. The monoisotopic (exact) mass is 1800 g/mol. The zero-order valence-corrected chi connectivity index (χ0v) is 77.5. The van der Waals surface area contributed by atoms with Gasteiger partial charge in [-0.2, -0.15) is 0 Å². The van der Waals surface area contributed by atoms with E-state index < -0.39 is 23.0 Å². The van der Waals surface area contributed by atoms with Crippen molar-refractivity contribution in [1.29, 1.82) is 0 Å². The minimum absolute atomic E-state index is 0.467. The van der Waals surface area contributed by atoms with E-state index in [0.29, 0.717) is 34.5 Å². The fraction of sp³-hybridized carbons (Fsp3) is 0.600. The molecule has 0 aromatic heterocycles. The lowest BCUT2D eigenvalue weighted by atomic mass is 10.2. The summed E-state index contributed by atoms with van der Waals surface area (Å²) in [6.07, 6.45) is 0. The Bertz CT molecular complexity index is 3390. The Labute approximate surface area is 751 Å². The molecule has 36 heteroatoms. The lowest BCUT2D eigenvalue weighted by Crippen LogP contribution is -2.41. The average molecular weight is 1800 g/mol. The summed E-state index contributed by atoms with van der Waals surface area (Å²) in [6.45, 7) is 47.6. The first-order valence-electron chi connectivity index (χ1n) is 47.0. The van der Waals surface area contributed by atoms with Crippen molar-refractivity contribution in [3.05, 3.63) is 179 Å². The fourth-order valence-corrected chi connectivity index (χ4v) is 25.0. The number of nitrogens with one attached hydrogen (secondary N) is 18. The molecule has 0 atom stereocenters. The van der Waals surface area contributed by atoms with Crippen molar-refractivity contribution < 1.29 is 27.1 Å². The van der Waals surface area contributed by atoms with Crippen LogP contribution in [0.3, 0.4) is 0 Å². The molecule has 0 amide bonds. The summed E-state index contributed by atoms with van der Waals surface area (Å²) in [5, 5.41) is 65.1. The summed E-state index contributed by atoms with van der Waals surface area (Å²) in [6, 6.07) is 49.9. The number of rotatable bonds is 24. The van der Waals surface area contributed by atoms with E-state index in [1.54, 1.807) is 0 Å². The molecule has 6 aromatic carbocycles. The number of hydrogen-bond donors (Lipinski definition) is 18. The van der Waals surface area contributed by atoms with Gasteiger partial charge < -0.3 is 123 Å². The van der Waals surface area contributed by atoms with Crippen LogP contribution in [0.25, 0.3) is 0 Å². The third-order valence-corrected chi connectivity index (χ3v) is 31.1. The van der Waals surface area contributed by atoms with Gasteiger partial charge in [-0.3, -0.25) is 29.4 Å². The maximum atomic E-state index is 7.77. The molecule has 7 aliphatic heterocycles. The first kappa shape index (κ1) is 97.4. The van der Waals surface area contributed by atoms with Gasteiger partial charge in [-0.15, -0.1) is 0 Å². The topological polar surface area (TPSA) is 328 Å². The molecule has 0 spiro atoms. The van der Waals surface area contributed by atoms with Gasteiger partial charge in [0.2, 0.25) is 0 Å². The lowest BCUT2D eigenvalue weighted by molar-refractivity contribution is 0.263. The molecule has 126 heavy (non-hydrogen) atoms. The highest BCUT2D eigenvalue weighted by atomic mass is 31.3. The SMILES string of the molecule is c1cc(OP2(Oc3ccc(CN4CCNCCNCCNCC4)cc3)=NP(Oc3ccc(CN4CCNCCNCCNCC4)cc3)(Oc3ccc(CN4CCNCCNCCNCC4)cc3)=NP(Oc3ccc(CN4CCNCCNCCNCC4)cc3)(Oc3ccc(CN4CCNCCNCCNCC4)cc3)=N2)ccc1CN1CCNCCNCCNCC1. The molecular weight excluding hydrogens is 1650 g/mol. The van der Waals surface area contributed by atoms with Crippen LogP contribution in [0.5, 0.6) is 34.5 Å². The van der Waals surface area contributed by atoms with Crippen LogP contribution in [0.1, 0.15) is 33.4 Å². The zero-order chi connectivity index (χ0) is 86.1. The highest BCUT2D eigenvalue weighted by Gasteiger charge is 2.49. The highest BCUT2D eigenvalue weighted by Crippen LogP contribution is 2.78. The van der Waals surface area contributed by atoms with Crippen LogP contribution in [0.2, 0.25) is 0 Å². The van der Waals surface area contributed by atoms with Crippen LogP contribution in [-0.4, -0.2) is 344 Å². The van der Waals surface area contributed by atoms with Gasteiger partial charge in [-0.05, 0) is 106 Å². The predicted octanol–water partition coefficient (Wildman–Crippen LogP) is 3.82. The number of benzene rings is 6. The van der Waals surface area contributed by atoms with Gasteiger partial charge in [0.15, 0.2) is 0 Å². The molecule has 0 unspecified atom stereocenters. The first-order chi connectivity index (χ1) is 62.3. The predicted molar refractivity (Wildman–Crippen MR) is 514 cm³/mol. The van der Waals surface area contributed by atoms with Gasteiger partial charge in [-0.1, -0.05) is 86.3 Å². The molecule has 6 aromatic rings. The third kappa shape index (κ3) is 36.5. The number of nitrogens with zero attached hydrogens (tertiary/aromatic N) is 9. The van der Waals surface area contributed by atoms with Crippen molar-refractivity contribution in [3.8, 4) is 34.5 Å². The summed E-state index contributed by atoms with van der Waals surface area (Å²) in [5.41, 5.74) is 6.75. The van der Waals surface area contributed by atoms with Crippen molar-refractivity contribution in [2.24, 2.45) is 13.5 Å². The molecule has 18 N–H and O–H groups in total. The van der Waals surface area contributed by atoms with Crippen LogP contribution in [-0.2, 0) is 39.3 Å². The Kier molecular flexibility index (Phi) is 43.7. The Morgan fingerprint density at radius 3 is 0.373 bits per heavy atom. The van der Waals surface area contributed by atoms with E-state index in [-0.39, 0.29) is 0 Å². The van der Waals surface area contributed by atoms with Crippen LogP contribution < -0.4 is 123 Å². The molecular formula is C90H150N27O6P3. The standard InChI is InChI=1S/C90H150N27O6P3/c1-13-85(14-2-79(1)73-112-61-49-97-37-25-91-26-38-98-50-62-112)118-124(119-86-15-3-80(4-16-86)74-113-63-51-99-39-27-92-28-40-100-52-64-113)109-125(120-87-17-5-81(6-18-87)75-114-65-53-101-41-29-93-30-42-102-54-66-114,121-88-19-7-82(8-20-88)76-115-67-55-103-43-31-94-32-44-104-56-68-115)111-126(110-124,122-89-21-9-83(10-22-89)77-116-69-57-105-45-33-95-34-46-106-58-70-116)123-90-23-11-84(12-24-90)78-117-71-59-107-47-35-96-36-48-108-60-72-117/h1-24,91-108H,25-78H2. The first-order valence-corrected chi connectivity index (χ1v) is 51.6. The van der Waals surface area contributed by atoms with E-state index in [1.807, 2.05) is 72.8 Å². The molecule has 0 bridgehead atoms.